The summed E-state index contributed by atoms with van der Waals surface area (Å²) in [6.45, 7) is 2.39. The lowest BCUT2D eigenvalue weighted by Crippen LogP contribution is -2.37. The molecule has 0 aliphatic carbocycles. The zero-order valence-electron chi connectivity index (χ0n) is 10.4. The minimum atomic E-state index is -0.697. The van der Waals surface area contributed by atoms with Crippen LogP contribution in [0.2, 0.25) is 0 Å². The first-order chi connectivity index (χ1) is 8.58. The third kappa shape index (κ3) is 4.07. The number of halogens is 2. The molecule has 0 aliphatic rings. The number of nitrogens with two attached hydrogens (primary N) is 1. The number of nitrogens with one attached hydrogen (secondary N) is 1. The highest BCUT2D eigenvalue weighted by Gasteiger charge is 2.15. The minimum Gasteiger partial charge on any atom is -0.353 e. The quantitative estimate of drug-likeness (QED) is 0.814. The maximum atomic E-state index is 13.3. The molecule has 5 heteroatoms. The van der Waals surface area contributed by atoms with Crippen LogP contribution in [-0.4, -0.2) is 18.5 Å². The Labute approximate surface area is 105 Å². The molecule has 18 heavy (non-hydrogen) atoms. The van der Waals surface area contributed by atoms with Gasteiger partial charge in [-0.3, -0.25) is 4.79 Å². The average molecular weight is 256 g/mol. The molecule has 0 heterocycles. The van der Waals surface area contributed by atoms with Crippen molar-refractivity contribution in [3.63, 3.8) is 0 Å². The maximum Gasteiger partial charge on any atom is 0.224 e. The van der Waals surface area contributed by atoms with E-state index >= 15 is 0 Å². The molecule has 1 aromatic carbocycles. The van der Waals surface area contributed by atoms with Crippen LogP contribution in [-0.2, 0) is 11.2 Å². The van der Waals surface area contributed by atoms with E-state index in [9.17, 15) is 13.6 Å². The normalized spacial score (nSPS) is 12.2. The Morgan fingerprint density at radius 1 is 1.39 bits per heavy atom. The van der Waals surface area contributed by atoms with Gasteiger partial charge in [-0.25, -0.2) is 8.78 Å². The van der Waals surface area contributed by atoms with Crippen LogP contribution in [0.1, 0.15) is 25.3 Å². The number of rotatable bonds is 6. The molecule has 0 bridgehead atoms. The maximum absolute atomic E-state index is 13.3. The summed E-state index contributed by atoms with van der Waals surface area (Å²) in [7, 11) is 0. The van der Waals surface area contributed by atoms with Gasteiger partial charge in [-0.1, -0.05) is 13.0 Å². The predicted octanol–water partition coefficient (Wildman–Crippen LogP) is 1.75. The van der Waals surface area contributed by atoms with Crippen LogP contribution in [0.5, 0.6) is 0 Å². The van der Waals surface area contributed by atoms with Crippen LogP contribution in [0.3, 0.4) is 0 Å². The topological polar surface area (TPSA) is 55.1 Å². The molecule has 1 unspecified atom stereocenters. The number of amides is 1. The molecule has 1 atom stereocenters. The Kier molecular flexibility index (Phi) is 5.71. The van der Waals surface area contributed by atoms with E-state index in [1.54, 1.807) is 0 Å². The van der Waals surface area contributed by atoms with E-state index in [1.165, 1.54) is 6.07 Å². The lowest BCUT2D eigenvalue weighted by molar-refractivity contribution is -0.121. The molecule has 1 aromatic rings. The standard InChI is InChI=1S/C13H18F2N2O/c1-2-9(6-7-16)17-13(18)8-10-11(14)4-3-5-12(10)15/h3-5,9H,2,6-8,16H2,1H3,(H,17,18). The Hall–Kier alpha value is -1.49. The highest BCUT2D eigenvalue weighted by molar-refractivity contribution is 5.79. The van der Waals surface area contributed by atoms with Crippen molar-refractivity contribution >= 4 is 5.91 Å². The first-order valence-electron chi connectivity index (χ1n) is 6.00. The molecule has 0 saturated carbocycles. The first kappa shape index (κ1) is 14.6. The second-order valence-electron chi connectivity index (χ2n) is 4.13. The van der Waals surface area contributed by atoms with Crippen molar-refractivity contribution in [3.05, 3.63) is 35.4 Å². The second-order valence-corrected chi connectivity index (χ2v) is 4.13. The molecule has 0 spiro atoms. The summed E-state index contributed by atoms with van der Waals surface area (Å²) in [4.78, 5) is 11.7. The molecule has 1 rings (SSSR count). The zero-order valence-corrected chi connectivity index (χ0v) is 10.4. The lowest BCUT2D eigenvalue weighted by Gasteiger charge is -2.16. The largest absolute Gasteiger partial charge is 0.353 e. The predicted molar refractivity (Wildman–Crippen MR) is 66.0 cm³/mol. The number of carbonyl (C=O) groups is 1. The van der Waals surface area contributed by atoms with Gasteiger partial charge in [0.05, 0.1) is 6.42 Å². The summed E-state index contributed by atoms with van der Waals surface area (Å²) in [5.74, 6) is -1.78. The van der Waals surface area contributed by atoms with Gasteiger partial charge in [0.1, 0.15) is 11.6 Å². The molecule has 100 valence electrons. The zero-order chi connectivity index (χ0) is 13.5. The number of benzene rings is 1. The van der Waals surface area contributed by atoms with Gasteiger partial charge in [0.25, 0.3) is 0 Å². The molecule has 3 N–H and O–H groups in total. The van der Waals surface area contributed by atoms with Crippen LogP contribution < -0.4 is 11.1 Å². The van der Waals surface area contributed by atoms with Crippen molar-refractivity contribution in [2.45, 2.75) is 32.2 Å². The molecular formula is C13H18F2N2O. The SMILES string of the molecule is CCC(CCN)NC(=O)Cc1c(F)cccc1F. The Bertz CT molecular complexity index is 390. The van der Waals surface area contributed by atoms with Gasteiger partial charge in [0, 0.05) is 11.6 Å². The Morgan fingerprint density at radius 2 is 2.00 bits per heavy atom. The molecule has 0 radical (unpaired) electrons. The van der Waals surface area contributed by atoms with Crippen LogP contribution >= 0.6 is 0 Å². The van der Waals surface area contributed by atoms with E-state index in [0.717, 1.165) is 18.6 Å². The number of hydrogen-bond acceptors (Lipinski definition) is 2. The van der Waals surface area contributed by atoms with Crippen LogP contribution in [0.15, 0.2) is 18.2 Å². The highest BCUT2D eigenvalue weighted by Crippen LogP contribution is 2.12. The first-order valence-corrected chi connectivity index (χ1v) is 6.00. The van der Waals surface area contributed by atoms with Crippen LogP contribution in [0.25, 0.3) is 0 Å². The minimum absolute atomic E-state index is 0.0441. The molecule has 0 saturated heterocycles. The van der Waals surface area contributed by atoms with Crippen molar-refractivity contribution in [3.8, 4) is 0 Å². The van der Waals surface area contributed by atoms with Gasteiger partial charge in [0.2, 0.25) is 5.91 Å². The van der Waals surface area contributed by atoms with E-state index in [0.29, 0.717) is 13.0 Å². The third-order valence-electron chi connectivity index (χ3n) is 2.77. The van der Waals surface area contributed by atoms with Gasteiger partial charge >= 0.3 is 0 Å². The molecule has 0 fully saturated rings. The molecule has 0 aromatic heterocycles. The molecule has 3 nitrogen and oxygen atoms in total. The number of hydrogen-bond donors (Lipinski definition) is 2. The fourth-order valence-electron chi connectivity index (χ4n) is 1.72. The van der Waals surface area contributed by atoms with Crippen molar-refractivity contribution in [2.75, 3.05) is 6.54 Å². The van der Waals surface area contributed by atoms with Crippen LogP contribution in [0.4, 0.5) is 8.78 Å². The smallest absolute Gasteiger partial charge is 0.224 e. The fraction of sp³-hybridized carbons (Fsp3) is 0.462. The van der Waals surface area contributed by atoms with Gasteiger partial charge in [0.15, 0.2) is 0 Å². The molecular weight excluding hydrogens is 238 g/mol. The summed E-state index contributed by atoms with van der Waals surface area (Å²) in [6, 6.07) is 3.51. The molecule has 1 amide bonds. The highest BCUT2D eigenvalue weighted by atomic mass is 19.1. The summed E-state index contributed by atoms with van der Waals surface area (Å²) in [5.41, 5.74) is 5.21. The van der Waals surface area contributed by atoms with Gasteiger partial charge in [-0.2, -0.15) is 0 Å². The Morgan fingerprint density at radius 3 is 2.50 bits per heavy atom. The summed E-state index contributed by atoms with van der Waals surface area (Å²) in [6.07, 6.45) is 1.10. The summed E-state index contributed by atoms with van der Waals surface area (Å²) < 4.78 is 26.7. The Balaban J connectivity index is 2.64. The van der Waals surface area contributed by atoms with E-state index in [-0.39, 0.29) is 23.9 Å². The van der Waals surface area contributed by atoms with Gasteiger partial charge in [-0.15, -0.1) is 0 Å². The van der Waals surface area contributed by atoms with E-state index < -0.39 is 11.6 Å². The summed E-state index contributed by atoms with van der Waals surface area (Å²) >= 11 is 0. The molecule has 0 aliphatic heterocycles. The van der Waals surface area contributed by atoms with Crippen molar-refractivity contribution in [1.82, 2.24) is 5.32 Å². The number of carbonyl (C=O) groups excluding carboxylic acids is 1. The summed E-state index contributed by atoms with van der Waals surface area (Å²) in [5, 5.41) is 2.72. The third-order valence-corrected chi connectivity index (χ3v) is 2.77. The van der Waals surface area contributed by atoms with Crippen molar-refractivity contribution < 1.29 is 13.6 Å². The monoisotopic (exact) mass is 256 g/mol. The van der Waals surface area contributed by atoms with E-state index in [1.807, 2.05) is 6.92 Å². The lowest BCUT2D eigenvalue weighted by atomic mass is 10.1. The van der Waals surface area contributed by atoms with Crippen molar-refractivity contribution in [2.24, 2.45) is 5.73 Å². The average Bonchev–Trinajstić information content (AvgIpc) is 2.33. The van der Waals surface area contributed by atoms with Crippen molar-refractivity contribution in [1.29, 1.82) is 0 Å². The van der Waals surface area contributed by atoms with Gasteiger partial charge < -0.3 is 11.1 Å². The van der Waals surface area contributed by atoms with E-state index in [4.69, 9.17) is 5.73 Å². The second kappa shape index (κ2) is 7.06. The van der Waals surface area contributed by atoms with E-state index in [2.05, 4.69) is 5.32 Å². The fourth-order valence-corrected chi connectivity index (χ4v) is 1.72. The van der Waals surface area contributed by atoms with Gasteiger partial charge in [-0.05, 0) is 31.5 Å². The van der Waals surface area contributed by atoms with Crippen LogP contribution in [0, 0.1) is 11.6 Å².